The average molecular weight is 494 g/mol. The van der Waals surface area contributed by atoms with Crippen molar-refractivity contribution in [1.82, 2.24) is 10.3 Å². The fraction of sp³-hybridized carbons (Fsp3) is 0.111. The van der Waals surface area contributed by atoms with Crippen molar-refractivity contribution >= 4 is 44.0 Å². The Morgan fingerprint density at radius 2 is 1.90 bits per heavy atom. The van der Waals surface area contributed by atoms with E-state index in [0.29, 0.717) is 12.1 Å². The molecule has 164 valence electrons. The maximum Gasteiger partial charge on any atom is 0.419 e. The van der Waals surface area contributed by atoms with Crippen molar-refractivity contribution in [3.63, 3.8) is 0 Å². The molecular weight excluding hydrogens is 482 g/mol. The zero-order chi connectivity index (χ0) is 22.8. The van der Waals surface area contributed by atoms with Crippen LogP contribution < -0.4 is 10.0 Å². The van der Waals surface area contributed by atoms with Gasteiger partial charge < -0.3 is 5.32 Å². The summed E-state index contributed by atoms with van der Waals surface area (Å²) in [4.78, 5) is 15.8. The highest BCUT2D eigenvalue weighted by molar-refractivity contribution is 7.93. The number of alkyl halides is 3. The summed E-state index contributed by atoms with van der Waals surface area (Å²) in [5.41, 5.74) is -1.29. The minimum atomic E-state index is -4.82. The zero-order valence-electron chi connectivity index (χ0n) is 15.2. The van der Waals surface area contributed by atoms with Gasteiger partial charge in [0.15, 0.2) is 5.13 Å². The van der Waals surface area contributed by atoms with Crippen molar-refractivity contribution in [2.45, 2.75) is 17.6 Å². The van der Waals surface area contributed by atoms with Crippen LogP contribution in [0.25, 0.3) is 0 Å². The van der Waals surface area contributed by atoms with Crippen molar-refractivity contribution < 1.29 is 30.8 Å². The van der Waals surface area contributed by atoms with E-state index < -0.39 is 33.5 Å². The fourth-order valence-corrected chi connectivity index (χ4v) is 4.82. The quantitative estimate of drug-likeness (QED) is 0.488. The molecule has 0 fully saturated rings. The van der Waals surface area contributed by atoms with Gasteiger partial charge in [-0.25, -0.2) is 17.8 Å². The molecule has 0 aliphatic heterocycles. The van der Waals surface area contributed by atoms with E-state index in [0.717, 1.165) is 29.5 Å². The van der Waals surface area contributed by atoms with Gasteiger partial charge in [-0.3, -0.25) is 9.52 Å². The monoisotopic (exact) mass is 493 g/mol. The number of rotatable bonds is 6. The van der Waals surface area contributed by atoms with Crippen LogP contribution >= 0.6 is 22.9 Å². The van der Waals surface area contributed by atoms with Crippen molar-refractivity contribution in [2.75, 3.05) is 4.72 Å². The predicted octanol–water partition coefficient (Wildman–Crippen LogP) is 4.69. The Balaban J connectivity index is 1.70. The van der Waals surface area contributed by atoms with E-state index in [9.17, 15) is 30.8 Å². The van der Waals surface area contributed by atoms with Crippen LogP contribution in [-0.2, 0) is 22.7 Å². The van der Waals surface area contributed by atoms with Gasteiger partial charge in [0, 0.05) is 23.7 Å². The van der Waals surface area contributed by atoms with Gasteiger partial charge in [-0.1, -0.05) is 17.7 Å². The molecule has 13 heteroatoms. The molecule has 0 saturated carbocycles. The molecule has 0 spiro atoms. The molecule has 0 radical (unpaired) electrons. The highest BCUT2D eigenvalue weighted by atomic mass is 35.5. The summed E-state index contributed by atoms with van der Waals surface area (Å²) in [6.07, 6.45) is -3.40. The van der Waals surface area contributed by atoms with Crippen LogP contribution in [0.2, 0.25) is 5.02 Å². The van der Waals surface area contributed by atoms with Gasteiger partial charge in [-0.2, -0.15) is 13.2 Å². The standard InChI is InChI=1S/C18H12ClF4N3O3S2/c19-13-8-11(2-4-15(13)31(28,29)26-17-24-5-6-30-17)16(27)25-9-10-1-3-12(14(20)7-10)18(21,22)23/h1-8H,9H2,(H,24,26)(H,25,27). The number of carbonyl (C=O) groups is 1. The summed E-state index contributed by atoms with van der Waals surface area (Å²) in [5.74, 6) is -2.14. The van der Waals surface area contributed by atoms with Crippen molar-refractivity contribution in [3.8, 4) is 0 Å². The van der Waals surface area contributed by atoms with Crippen LogP contribution in [0.3, 0.4) is 0 Å². The van der Waals surface area contributed by atoms with Gasteiger partial charge in [-0.05, 0) is 35.9 Å². The number of nitrogens with zero attached hydrogens (tertiary/aromatic N) is 1. The topological polar surface area (TPSA) is 88.2 Å². The molecule has 0 aliphatic rings. The molecular formula is C18H12ClF4N3O3S2. The Morgan fingerprint density at radius 3 is 2.48 bits per heavy atom. The first-order chi connectivity index (χ1) is 14.5. The maximum atomic E-state index is 13.6. The van der Waals surface area contributed by atoms with Crippen LogP contribution in [0.15, 0.2) is 52.9 Å². The largest absolute Gasteiger partial charge is 0.419 e. The van der Waals surface area contributed by atoms with Crippen LogP contribution in [0.1, 0.15) is 21.5 Å². The molecule has 1 amide bonds. The summed E-state index contributed by atoms with van der Waals surface area (Å²) in [7, 11) is -4.03. The fourth-order valence-electron chi connectivity index (χ4n) is 2.49. The number of halogens is 5. The normalized spacial score (nSPS) is 11.9. The Hall–Kier alpha value is -2.70. The molecule has 3 rings (SSSR count). The van der Waals surface area contributed by atoms with Crippen LogP contribution in [0.4, 0.5) is 22.7 Å². The number of sulfonamides is 1. The number of carbonyl (C=O) groups excluding carboxylic acids is 1. The molecule has 1 aromatic heterocycles. The first kappa shape index (κ1) is 23.0. The number of hydrogen-bond donors (Lipinski definition) is 2. The third-order valence-corrected chi connectivity index (χ3v) is 6.57. The number of aromatic nitrogens is 1. The van der Waals surface area contributed by atoms with Gasteiger partial charge in [0.25, 0.3) is 15.9 Å². The summed E-state index contributed by atoms with van der Waals surface area (Å²) in [6, 6.07) is 5.77. The molecule has 0 unspecified atom stereocenters. The molecule has 1 heterocycles. The Morgan fingerprint density at radius 1 is 1.16 bits per heavy atom. The second-order valence-electron chi connectivity index (χ2n) is 6.08. The Kier molecular flexibility index (Phi) is 6.53. The van der Waals surface area contributed by atoms with Crippen molar-refractivity contribution in [3.05, 3.63) is 75.5 Å². The van der Waals surface area contributed by atoms with E-state index in [2.05, 4.69) is 15.0 Å². The van der Waals surface area contributed by atoms with Gasteiger partial charge >= 0.3 is 6.18 Å². The second-order valence-corrected chi connectivity index (χ2v) is 9.04. The molecule has 0 aliphatic carbocycles. The third-order valence-electron chi connectivity index (χ3n) is 3.93. The highest BCUT2D eigenvalue weighted by Crippen LogP contribution is 2.31. The number of nitrogens with one attached hydrogen (secondary N) is 2. The van der Waals surface area contributed by atoms with E-state index in [-0.39, 0.29) is 32.7 Å². The number of amides is 1. The van der Waals surface area contributed by atoms with Gasteiger partial charge in [0.1, 0.15) is 10.7 Å². The summed E-state index contributed by atoms with van der Waals surface area (Å²) < 4.78 is 78.5. The van der Waals surface area contributed by atoms with E-state index >= 15 is 0 Å². The average Bonchev–Trinajstić information content (AvgIpc) is 3.17. The first-order valence-corrected chi connectivity index (χ1v) is 11.1. The molecule has 2 N–H and O–H groups in total. The van der Waals surface area contributed by atoms with E-state index in [1.807, 2.05) is 0 Å². The number of benzene rings is 2. The lowest BCUT2D eigenvalue weighted by atomic mass is 10.1. The number of thiazole rings is 1. The molecule has 31 heavy (non-hydrogen) atoms. The van der Waals surface area contributed by atoms with Crippen molar-refractivity contribution in [1.29, 1.82) is 0 Å². The van der Waals surface area contributed by atoms with Crippen LogP contribution in [0, 0.1) is 5.82 Å². The lowest BCUT2D eigenvalue weighted by molar-refractivity contribution is -0.140. The molecule has 6 nitrogen and oxygen atoms in total. The Bertz CT molecular complexity index is 1220. The van der Waals surface area contributed by atoms with Crippen LogP contribution in [-0.4, -0.2) is 19.3 Å². The van der Waals surface area contributed by atoms with Crippen LogP contribution in [0.5, 0.6) is 0 Å². The van der Waals surface area contributed by atoms with Gasteiger partial charge in [-0.15, -0.1) is 11.3 Å². The van der Waals surface area contributed by atoms with E-state index in [1.54, 1.807) is 5.38 Å². The molecule has 2 aromatic carbocycles. The SMILES string of the molecule is O=C(NCc1ccc(C(F)(F)F)c(F)c1)c1ccc(S(=O)(=O)Nc2nccs2)c(Cl)c1. The van der Waals surface area contributed by atoms with Crippen molar-refractivity contribution in [2.24, 2.45) is 0 Å². The maximum absolute atomic E-state index is 13.6. The highest BCUT2D eigenvalue weighted by Gasteiger charge is 2.33. The van der Waals surface area contributed by atoms with Gasteiger partial charge in [0.2, 0.25) is 0 Å². The molecule has 0 saturated heterocycles. The first-order valence-electron chi connectivity index (χ1n) is 8.33. The minimum absolute atomic E-state index is 0.00517. The summed E-state index contributed by atoms with van der Waals surface area (Å²) in [5, 5.41) is 3.90. The molecule has 0 atom stereocenters. The van der Waals surface area contributed by atoms with E-state index in [4.69, 9.17) is 11.6 Å². The van der Waals surface area contributed by atoms with E-state index in [1.165, 1.54) is 12.3 Å². The van der Waals surface area contributed by atoms with Gasteiger partial charge in [0.05, 0.1) is 10.6 Å². The lowest BCUT2D eigenvalue weighted by Gasteiger charge is -2.11. The molecule has 0 bridgehead atoms. The zero-order valence-corrected chi connectivity index (χ0v) is 17.6. The third kappa shape index (κ3) is 5.51. The number of anilines is 1. The summed E-state index contributed by atoms with van der Waals surface area (Å²) in [6.45, 7) is -0.253. The Labute approximate surface area is 182 Å². The smallest absolute Gasteiger partial charge is 0.348 e. The lowest BCUT2D eigenvalue weighted by Crippen LogP contribution is -2.23. The molecule has 3 aromatic rings. The number of hydrogen-bond acceptors (Lipinski definition) is 5. The second kappa shape index (κ2) is 8.81. The summed E-state index contributed by atoms with van der Waals surface area (Å²) >= 11 is 7.09. The minimum Gasteiger partial charge on any atom is -0.348 e. The predicted molar refractivity (Wildman–Crippen MR) is 107 cm³/mol.